The predicted molar refractivity (Wildman–Crippen MR) is 217 cm³/mol. The average molecular weight is 896 g/mol. The third-order valence-electron chi connectivity index (χ3n) is 10.8. The maximum Gasteiger partial charge on any atom is 0.573 e. The molecule has 3 aliphatic rings. The van der Waals surface area contributed by atoms with Gasteiger partial charge >= 0.3 is 12.5 Å². The molecule has 3 aromatic carbocycles. The second-order valence-corrected chi connectivity index (χ2v) is 18.4. The molecular weight excluding hydrogens is 847 g/mol. The van der Waals surface area contributed by atoms with Crippen LogP contribution in [0.25, 0.3) is 0 Å². The van der Waals surface area contributed by atoms with E-state index in [9.17, 15) is 36.3 Å². The van der Waals surface area contributed by atoms with E-state index in [0.717, 1.165) is 18.2 Å². The van der Waals surface area contributed by atoms with Gasteiger partial charge in [-0.25, -0.2) is 17.5 Å². The maximum absolute atomic E-state index is 15.8. The first-order valence-electron chi connectivity index (χ1n) is 19.4. The van der Waals surface area contributed by atoms with Gasteiger partial charge in [0.05, 0.1) is 32.1 Å². The van der Waals surface area contributed by atoms with Crippen LogP contribution in [0, 0.1) is 0 Å². The van der Waals surface area contributed by atoms with Gasteiger partial charge in [-0.15, -0.1) is 13.2 Å². The van der Waals surface area contributed by atoms with Crippen molar-refractivity contribution in [3.05, 3.63) is 76.3 Å². The highest BCUT2D eigenvalue weighted by molar-refractivity contribution is 7.93. The Hall–Kier alpha value is -4.82. The lowest BCUT2D eigenvalue weighted by Gasteiger charge is -2.42. The highest BCUT2D eigenvalue weighted by Crippen LogP contribution is 2.55. The Balaban J connectivity index is 1.50. The molecule has 0 radical (unpaired) electrons. The number of rotatable bonds is 11. The van der Waals surface area contributed by atoms with E-state index in [-0.39, 0.29) is 46.3 Å². The van der Waals surface area contributed by atoms with Crippen LogP contribution >= 0.6 is 11.6 Å². The second kappa shape index (κ2) is 17.2. The van der Waals surface area contributed by atoms with E-state index in [1.54, 1.807) is 43.9 Å². The summed E-state index contributed by atoms with van der Waals surface area (Å²) in [5.41, 5.74) is -2.44. The molecule has 3 atom stereocenters. The van der Waals surface area contributed by atoms with Gasteiger partial charge in [0.25, 0.3) is 15.9 Å². The summed E-state index contributed by atoms with van der Waals surface area (Å²) in [7, 11) is 0.210. The van der Waals surface area contributed by atoms with Gasteiger partial charge in [-0.05, 0) is 81.6 Å². The largest absolute Gasteiger partial charge is 0.573 e. The number of benzene rings is 3. The van der Waals surface area contributed by atoms with Crippen LogP contribution in [-0.4, -0.2) is 143 Å². The number of β-amino-alcohol motifs (C(OH)–C–C–N with tert-alkyl or cyclic N) is 1. The molecule has 3 aliphatic heterocycles. The van der Waals surface area contributed by atoms with E-state index in [2.05, 4.69) is 9.64 Å². The number of methoxy groups -OCH3 is 2. The number of ether oxygens (including phenoxy) is 4. The van der Waals surface area contributed by atoms with E-state index in [1.807, 2.05) is 0 Å². The Labute approximate surface area is 357 Å². The van der Waals surface area contributed by atoms with Crippen LogP contribution in [-0.2, 0) is 36.3 Å². The topological polar surface area (TPSA) is 159 Å². The summed E-state index contributed by atoms with van der Waals surface area (Å²) in [5, 5.41) is 11.3. The number of hydrogen-bond acceptors (Lipinski definition) is 12. The van der Waals surface area contributed by atoms with Crippen molar-refractivity contribution in [2.24, 2.45) is 0 Å². The van der Waals surface area contributed by atoms with Gasteiger partial charge in [-0.3, -0.25) is 19.4 Å². The minimum Gasteiger partial charge on any atom is -0.497 e. The van der Waals surface area contributed by atoms with Gasteiger partial charge in [-0.2, -0.15) is 0 Å². The third-order valence-corrected chi connectivity index (χ3v) is 12.8. The van der Waals surface area contributed by atoms with Gasteiger partial charge in [0.2, 0.25) is 5.91 Å². The smallest absolute Gasteiger partial charge is 0.497 e. The van der Waals surface area contributed by atoms with Crippen molar-refractivity contribution in [1.29, 1.82) is 0 Å². The summed E-state index contributed by atoms with van der Waals surface area (Å²) in [4.78, 5) is 47.9. The zero-order valence-electron chi connectivity index (χ0n) is 34.8. The molecule has 2 fully saturated rings. The van der Waals surface area contributed by atoms with Crippen molar-refractivity contribution in [1.82, 2.24) is 19.6 Å². The number of amides is 3. The zero-order chi connectivity index (χ0) is 44.8. The molecule has 0 spiro atoms. The second-order valence-electron chi connectivity index (χ2n) is 16.2. The lowest BCUT2D eigenvalue weighted by Crippen LogP contribution is -2.59. The number of hydrogen-bond donors (Lipinski definition) is 1. The Morgan fingerprint density at radius 1 is 0.934 bits per heavy atom. The number of likely N-dealkylation sites (tertiary alicyclic amines) is 1. The van der Waals surface area contributed by atoms with Gasteiger partial charge < -0.3 is 33.9 Å². The quantitative estimate of drug-likeness (QED) is 0.280. The molecule has 0 bridgehead atoms. The number of fused-ring (bicyclic) bond motifs is 1. The Bertz CT molecular complexity index is 2280. The summed E-state index contributed by atoms with van der Waals surface area (Å²) in [5.74, 6) is -2.91. The molecule has 2 saturated heterocycles. The highest BCUT2D eigenvalue weighted by atomic mass is 35.5. The molecule has 61 heavy (non-hydrogen) atoms. The van der Waals surface area contributed by atoms with Crippen LogP contribution in [0.2, 0.25) is 5.02 Å². The SMILES string of the molecule is COc1ccc(S(=O)(=O)N2C(=O)C(c3cc(CCN4CCN(C(=O)OC(C)(C)C)CC4)ccc3OC)(N3C[C@H](O)C[C@H]3C(=O)N(C)C)c3cc(Cl)ccc32)c(OC(F)(F)F)c1. The normalized spacial score (nSPS) is 21.3. The molecule has 3 heterocycles. The van der Waals surface area contributed by atoms with Gasteiger partial charge in [0.15, 0.2) is 11.3 Å². The van der Waals surface area contributed by atoms with Gasteiger partial charge in [0, 0.05) is 75.6 Å². The summed E-state index contributed by atoms with van der Waals surface area (Å²) in [6.07, 6.45) is -6.65. The molecule has 0 aromatic heterocycles. The molecule has 20 heteroatoms. The maximum atomic E-state index is 15.8. The fraction of sp³-hybridized carbons (Fsp3) is 0.488. The lowest BCUT2D eigenvalue weighted by molar-refractivity contribution is -0.275. The number of halogens is 4. The van der Waals surface area contributed by atoms with E-state index in [4.69, 9.17) is 25.8 Å². The standard InChI is InChI=1S/C41H49ClF3N5O10S/c1-39(2,3)60-38(54)48-18-16-47(17-19-48)15-14-25-8-12-33(58-7)30(20-25)40(49-24-27(51)22-32(49)36(52)46(4)5)29-21-26(42)9-11-31(29)50(37(40)53)61(55,56)35-13-10-28(57-6)23-34(35)59-41(43,44)45/h8-13,20-21,23,27,32,51H,14-19,22,24H2,1-7H3/t27-,32+,40?/m1/s1. The number of sulfonamides is 1. The molecule has 1 N–H and O–H groups in total. The van der Waals surface area contributed by atoms with E-state index in [1.165, 1.54) is 56.3 Å². The number of carbonyl (C=O) groups is 3. The first-order valence-corrected chi connectivity index (χ1v) is 21.2. The minimum atomic E-state index is -5.34. The van der Waals surface area contributed by atoms with Crippen molar-refractivity contribution in [2.75, 3.05) is 71.9 Å². The molecule has 1 unspecified atom stereocenters. The van der Waals surface area contributed by atoms with E-state index < -0.39 is 68.2 Å². The fourth-order valence-corrected chi connectivity index (χ4v) is 9.82. The van der Waals surface area contributed by atoms with Crippen molar-refractivity contribution in [3.63, 3.8) is 0 Å². The molecular formula is C41H49ClF3N5O10S. The summed E-state index contributed by atoms with van der Waals surface area (Å²) < 4.78 is 92.3. The Kier molecular flexibility index (Phi) is 12.8. The van der Waals surface area contributed by atoms with E-state index >= 15 is 4.79 Å². The highest BCUT2D eigenvalue weighted by Gasteiger charge is 2.64. The number of anilines is 1. The van der Waals surface area contributed by atoms with Crippen molar-refractivity contribution in [2.45, 2.75) is 68.2 Å². The predicted octanol–water partition coefficient (Wildman–Crippen LogP) is 4.85. The number of carbonyl (C=O) groups excluding carboxylic acids is 3. The molecule has 3 amide bonds. The fourth-order valence-electron chi connectivity index (χ4n) is 8.09. The number of alkyl halides is 3. The zero-order valence-corrected chi connectivity index (χ0v) is 36.4. The third kappa shape index (κ3) is 9.07. The molecule has 0 aliphatic carbocycles. The molecule has 3 aromatic rings. The van der Waals surface area contributed by atoms with Crippen LogP contribution in [0.3, 0.4) is 0 Å². The van der Waals surface area contributed by atoms with Crippen LogP contribution < -0.4 is 18.5 Å². The molecule has 6 rings (SSSR count). The lowest BCUT2D eigenvalue weighted by atomic mass is 9.80. The minimum absolute atomic E-state index is 0.0280. The monoisotopic (exact) mass is 895 g/mol. The van der Waals surface area contributed by atoms with Crippen LogP contribution in [0.1, 0.15) is 43.9 Å². The van der Waals surface area contributed by atoms with Gasteiger partial charge in [-0.1, -0.05) is 17.7 Å². The van der Waals surface area contributed by atoms with Crippen LogP contribution in [0.5, 0.6) is 17.2 Å². The molecule has 0 saturated carbocycles. The average Bonchev–Trinajstić information content (AvgIpc) is 3.69. The Morgan fingerprint density at radius 3 is 2.23 bits per heavy atom. The number of likely N-dealkylation sites (N-methyl/N-ethyl adjacent to an activating group) is 1. The Morgan fingerprint density at radius 2 is 1.62 bits per heavy atom. The first-order chi connectivity index (χ1) is 28.5. The molecule has 15 nitrogen and oxygen atoms in total. The van der Waals surface area contributed by atoms with Crippen LogP contribution in [0.15, 0.2) is 59.5 Å². The van der Waals surface area contributed by atoms with Crippen LogP contribution in [0.4, 0.5) is 23.7 Å². The van der Waals surface area contributed by atoms with Crippen molar-refractivity contribution >= 4 is 45.2 Å². The summed E-state index contributed by atoms with van der Waals surface area (Å²) in [6.45, 7) is 7.57. The van der Waals surface area contributed by atoms with Gasteiger partial charge in [0.1, 0.15) is 22.0 Å². The van der Waals surface area contributed by atoms with Crippen molar-refractivity contribution in [3.8, 4) is 17.2 Å². The summed E-state index contributed by atoms with van der Waals surface area (Å²) in [6, 6.07) is 10.5. The van der Waals surface area contributed by atoms with Crippen molar-refractivity contribution < 1.29 is 60.0 Å². The van der Waals surface area contributed by atoms with E-state index in [0.29, 0.717) is 49.0 Å². The number of piperazine rings is 1. The summed E-state index contributed by atoms with van der Waals surface area (Å²) >= 11 is 6.63. The number of nitrogens with zero attached hydrogens (tertiary/aromatic N) is 5. The first kappa shape index (κ1) is 45.7. The number of aliphatic hydroxyl groups excluding tert-OH is 1. The number of aliphatic hydroxyl groups is 1. The molecule has 332 valence electrons.